The Morgan fingerprint density at radius 3 is 2.75 bits per heavy atom. The normalized spacial score (nSPS) is 10.0. The van der Waals surface area contributed by atoms with E-state index in [-0.39, 0.29) is 12.1 Å². The maximum atomic E-state index is 10.5. The first-order valence-corrected chi connectivity index (χ1v) is 4.03. The zero-order chi connectivity index (χ0) is 9.40. The van der Waals surface area contributed by atoms with Crippen LogP contribution in [0.25, 0.3) is 0 Å². The molecule has 5 nitrogen and oxygen atoms in total. The molecule has 0 heterocycles. The van der Waals surface area contributed by atoms with Crippen LogP contribution in [0.2, 0.25) is 0 Å². The lowest BCUT2D eigenvalue weighted by Gasteiger charge is -2.07. The molecule has 4 N–H and O–H groups in total. The zero-order valence-corrected chi connectivity index (χ0v) is 7.59. The molecule has 0 radical (unpaired) electrons. The summed E-state index contributed by atoms with van der Waals surface area (Å²) in [4.78, 5) is 10.5. The van der Waals surface area contributed by atoms with Gasteiger partial charge in [0.2, 0.25) is 0 Å². The van der Waals surface area contributed by atoms with Crippen LogP contribution in [0.1, 0.15) is 20.3 Å². The number of nitrogens with two attached hydrogens (primary N) is 1. The monoisotopic (exact) mass is 175 g/mol. The van der Waals surface area contributed by atoms with Gasteiger partial charge in [0.15, 0.2) is 0 Å². The number of carbonyl (C=O) groups excluding carboxylic acids is 1. The largest absolute Gasteiger partial charge is 0.379 e. The minimum Gasteiger partial charge on any atom is -0.379 e. The number of hydrazine groups is 1. The Kier molecular flexibility index (Phi) is 6.41. The quantitative estimate of drug-likeness (QED) is 0.238. The third kappa shape index (κ3) is 7.30. The van der Waals surface area contributed by atoms with E-state index in [2.05, 4.69) is 5.32 Å². The maximum absolute atomic E-state index is 10.5. The highest BCUT2D eigenvalue weighted by molar-refractivity contribution is 5.72. The SMILES string of the molecule is CC(C)OCCCNC(=O)NN. The lowest BCUT2D eigenvalue weighted by Crippen LogP contribution is -2.40. The van der Waals surface area contributed by atoms with Crippen LogP contribution in [0, 0.1) is 0 Å². The number of hydrogen-bond donors (Lipinski definition) is 3. The summed E-state index contributed by atoms with van der Waals surface area (Å²) >= 11 is 0. The molecule has 0 spiro atoms. The molecule has 0 aliphatic heterocycles. The lowest BCUT2D eigenvalue weighted by atomic mass is 10.4. The van der Waals surface area contributed by atoms with E-state index in [1.165, 1.54) is 0 Å². The van der Waals surface area contributed by atoms with Gasteiger partial charge < -0.3 is 10.1 Å². The molecule has 0 rings (SSSR count). The Morgan fingerprint density at radius 1 is 1.58 bits per heavy atom. The van der Waals surface area contributed by atoms with Crippen LogP contribution in [0.3, 0.4) is 0 Å². The topological polar surface area (TPSA) is 76.4 Å². The van der Waals surface area contributed by atoms with Gasteiger partial charge in [0.25, 0.3) is 0 Å². The van der Waals surface area contributed by atoms with Crippen molar-refractivity contribution in [2.75, 3.05) is 13.2 Å². The summed E-state index contributed by atoms with van der Waals surface area (Å²) in [5.41, 5.74) is 1.97. The smallest absolute Gasteiger partial charge is 0.328 e. The highest BCUT2D eigenvalue weighted by Gasteiger charge is 1.95. The summed E-state index contributed by atoms with van der Waals surface area (Å²) in [5, 5.41) is 2.55. The second kappa shape index (κ2) is 6.87. The molecule has 0 bridgehead atoms. The number of amides is 2. The molecule has 0 aromatic carbocycles. The molecule has 0 fully saturated rings. The average molecular weight is 175 g/mol. The van der Waals surface area contributed by atoms with Gasteiger partial charge in [-0.2, -0.15) is 0 Å². The summed E-state index contributed by atoms with van der Waals surface area (Å²) in [6.07, 6.45) is 1.04. The van der Waals surface area contributed by atoms with Crippen LogP contribution in [0.15, 0.2) is 0 Å². The van der Waals surface area contributed by atoms with E-state index < -0.39 is 0 Å². The van der Waals surface area contributed by atoms with Gasteiger partial charge in [-0.1, -0.05) is 0 Å². The number of urea groups is 1. The molecule has 0 aromatic rings. The Morgan fingerprint density at radius 2 is 2.25 bits per heavy atom. The maximum Gasteiger partial charge on any atom is 0.328 e. The third-order valence-electron chi connectivity index (χ3n) is 1.19. The number of ether oxygens (including phenoxy) is 1. The highest BCUT2D eigenvalue weighted by atomic mass is 16.5. The van der Waals surface area contributed by atoms with Crippen LogP contribution >= 0.6 is 0 Å². The van der Waals surface area contributed by atoms with Crippen molar-refractivity contribution >= 4 is 6.03 Å². The molecule has 72 valence electrons. The molecule has 2 amide bonds. The van der Waals surface area contributed by atoms with E-state index in [4.69, 9.17) is 10.6 Å². The first-order valence-electron chi connectivity index (χ1n) is 4.03. The van der Waals surface area contributed by atoms with E-state index in [1.807, 2.05) is 19.3 Å². The van der Waals surface area contributed by atoms with Crippen molar-refractivity contribution in [2.24, 2.45) is 5.84 Å². The molecular formula is C7H17N3O2. The molecule has 0 aliphatic carbocycles. The highest BCUT2D eigenvalue weighted by Crippen LogP contribution is 1.88. The number of hydrogen-bond acceptors (Lipinski definition) is 3. The van der Waals surface area contributed by atoms with Crippen LogP contribution in [0.5, 0.6) is 0 Å². The van der Waals surface area contributed by atoms with Crippen molar-refractivity contribution in [1.29, 1.82) is 0 Å². The number of carbonyl (C=O) groups is 1. The third-order valence-corrected chi connectivity index (χ3v) is 1.19. The van der Waals surface area contributed by atoms with Crippen molar-refractivity contribution in [1.82, 2.24) is 10.7 Å². The fourth-order valence-corrected chi connectivity index (χ4v) is 0.644. The van der Waals surface area contributed by atoms with E-state index in [0.29, 0.717) is 13.2 Å². The summed E-state index contributed by atoms with van der Waals surface area (Å²) in [6, 6.07) is -0.362. The van der Waals surface area contributed by atoms with Gasteiger partial charge in [0.1, 0.15) is 0 Å². The van der Waals surface area contributed by atoms with E-state index in [0.717, 1.165) is 6.42 Å². The molecule has 12 heavy (non-hydrogen) atoms. The molecule has 0 atom stereocenters. The molecule has 0 aromatic heterocycles. The van der Waals surface area contributed by atoms with Crippen LogP contribution in [0.4, 0.5) is 4.79 Å². The van der Waals surface area contributed by atoms with Gasteiger partial charge in [-0.15, -0.1) is 0 Å². The predicted octanol–water partition coefficient (Wildman–Crippen LogP) is -0.0256. The van der Waals surface area contributed by atoms with Gasteiger partial charge in [0, 0.05) is 13.2 Å². The lowest BCUT2D eigenvalue weighted by molar-refractivity contribution is 0.0774. The van der Waals surface area contributed by atoms with Crippen LogP contribution in [-0.4, -0.2) is 25.3 Å². The molecule has 0 saturated heterocycles. The first kappa shape index (κ1) is 11.2. The predicted molar refractivity (Wildman–Crippen MR) is 46.4 cm³/mol. The van der Waals surface area contributed by atoms with Gasteiger partial charge in [-0.3, -0.25) is 5.43 Å². The Bertz CT molecular complexity index is 128. The molecular weight excluding hydrogens is 158 g/mol. The Labute approximate surface area is 72.6 Å². The van der Waals surface area contributed by atoms with Crippen LogP contribution in [-0.2, 0) is 4.74 Å². The average Bonchev–Trinajstić information content (AvgIpc) is 2.03. The van der Waals surface area contributed by atoms with Gasteiger partial charge in [0.05, 0.1) is 6.10 Å². The van der Waals surface area contributed by atoms with Gasteiger partial charge in [-0.05, 0) is 20.3 Å². The molecule has 0 saturated carbocycles. The summed E-state index contributed by atoms with van der Waals surface area (Å²) < 4.78 is 5.25. The fourth-order valence-electron chi connectivity index (χ4n) is 0.644. The summed E-state index contributed by atoms with van der Waals surface area (Å²) in [7, 11) is 0. The first-order chi connectivity index (χ1) is 5.66. The van der Waals surface area contributed by atoms with Crippen molar-refractivity contribution in [3.8, 4) is 0 Å². The summed E-state index contributed by atoms with van der Waals surface area (Å²) in [6.45, 7) is 5.18. The minimum absolute atomic E-state index is 0.244. The Balaban J connectivity index is 3.05. The molecule has 0 aliphatic rings. The Hall–Kier alpha value is -0.810. The van der Waals surface area contributed by atoms with Gasteiger partial charge in [-0.25, -0.2) is 10.6 Å². The van der Waals surface area contributed by atoms with E-state index in [9.17, 15) is 4.79 Å². The van der Waals surface area contributed by atoms with Crippen molar-refractivity contribution in [3.05, 3.63) is 0 Å². The fraction of sp³-hybridized carbons (Fsp3) is 0.857. The van der Waals surface area contributed by atoms with E-state index in [1.54, 1.807) is 0 Å². The van der Waals surface area contributed by atoms with Crippen molar-refractivity contribution < 1.29 is 9.53 Å². The standard InChI is InChI=1S/C7H17N3O2/c1-6(2)12-5-3-4-9-7(11)10-8/h6H,3-5,8H2,1-2H3,(H2,9,10,11). The van der Waals surface area contributed by atoms with Crippen LogP contribution < -0.4 is 16.6 Å². The minimum atomic E-state index is -0.362. The molecule has 5 heteroatoms. The summed E-state index contributed by atoms with van der Waals surface area (Å²) in [5.74, 6) is 4.84. The van der Waals surface area contributed by atoms with Crippen molar-refractivity contribution in [3.63, 3.8) is 0 Å². The van der Waals surface area contributed by atoms with Gasteiger partial charge >= 0.3 is 6.03 Å². The van der Waals surface area contributed by atoms with Crippen molar-refractivity contribution in [2.45, 2.75) is 26.4 Å². The zero-order valence-electron chi connectivity index (χ0n) is 7.59. The second-order valence-electron chi connectivity index (χ2n) is 2.67. The number of rotatable bonds is 5. The van der Waals surface area contributed by atoms with E-state index >= 15 is 0 Å². The second-order valence-corrected chi connectivity index (χ2v) is 2.67. The number of nitrogens with one attached hydrogen (secondary N) is 2. The molecule has 0 unspecified atom stereocenters.